The third-order valence-electron chi connectivity index (χ3n) is 3.51. The molecule has 6 heteroatoms. The minimum atomic E-state index is 0.662. The second-order valence-corrected chi connectivity index (χ2v) is 6.42. The number of hydrogen-bond acceptors (Lipinski definition) is 5. The van der Waals surface area contributed by atoms with Crippen molar-refractivity contribution in [2.24, 2.45) is 5.10 Å². The van der Waals surface area contributed by atoms with Crippen molar-refractivity contribution in [2.75, 3.05) is 6.61 Å². The normalized spacial score (nSPS) is 11.1. The molecule has 0 unspecified atom stereocenters. The van der Waals surface area contributed by atoms with Gasteiger partial charge in [-0.2, -0.15) is 9.78 Å². The van der Waals surface area contributed by atoms with Crippen LogP contribution in [0.1, 0.15) is 23.6 Å². The van der Waals surface area contributed by atoms with Crippen LogP contribution in [0.3, 0.4) is 0 Å². The highest BCUT2D eigenvalue weighted by atomic mass is 32.2. The van der Waals surface area contributed by atoms with Crippen molar-refractivity contribution >= 4 is 18.0 Å². The Balaban J connectivity index is 1.63. The molecule has 1 aromatic heterocycles. The van der Waals surface area contributed by atoms with Crippen LogP contribution in [-0.4, -0.2) is 27.7 Å². The highest BCUT2D eigenvalue weighted by molar-refractivity contribution is 7.98. The van der Waals surface area contributed by atoms with E-state index in [0.717, 1.165) is 22.2 Å². The minimum Gasteiger partial charge on any atom is -0.494 e. The van der Waals surface area contributed by atoms with Crippen LogP contribution in [0.5, 0.6) is 5.75 Å². The van der Waals surface area contributed by atoms with Crippen LogP contribution in [0.25, 0.3) is 0 Å². The Labute approximate surface area is 151 Å². The van der Waals surface area contributed by atoms with Gasteiger partial charge in [-0.05, 0) is 49.2 Å². The molecule has 2 aromatic carbocycles. The molecule has 0 bridgehead atoms. The van der Waals surface area contributed by atoms with Gasteiger partial charge in [0.2, 0.25) is 5.16 Å². The van der Waals surface area contributed by atoms with Crippen molar-refractivity contribution in [1.82, 2.24) is 14.9 Å². The quantitative estimate of drug-likeness (QED) is 0.473. The topological polar surface area (TPSA) is 52.3 Å². The van der Waals surface area contributed by atoms with Crippen LogP contribution >= 0.6 is 11.8 Å². The summed E-state index contributed by atoms with van der Waals surface area (Å²) >= 11 is 1.61. The molecule has 25 heavy (non-hydrogen) atoms. The summed E-state index contributed by atoms with van der Waals surface area (Å²) < 4.78 is 7.13. The van der Waals surface area contributed by atoms with Gasteiger partial charge >= 0.3 is 0 Å². The van der Waals surface area contributed by atoms with Crippen molar-refractivity contribution in [2.45, 2.75) is 24.8 Å². The molecule has 0 atom stereocenters. The molecule has 0 spiro atoms. The molecular weight excluding hydrogens is 332 g/mol. The van der Waals surface area contributed by atoms with Crippen LogP contribution in [0, 0.1) is 6.92 Å². The summed E-state index contributed by atoms with van der Waals surface area (Å²) in [6.07, 6.45) is 3.40. The zero-order chi connectivity index (χ0) is 17.5. The standard InChI is InChI=1S/C19H20N4OS/c1-3-24-18-10-8-16(9-11-18)12-21-23-14-20-22-19(23)25-13-17-6-4-15(2)5-7-17/h4-12,14H,3,13H2,1-2H3. The second kappa shape index (κ2) is 8.48. The van der Waals surface area contributed by atoms with Crippen molar-refractivity contribution in [3.8, 4) is 5.75 Å². The van der Waals surface area contributed by atoms with E-state index in [2.05, 4.69) is 46.5 Å². The van der Waals surface area contributed by atoms with Crippen LogP contribution in [0.4, 0.5) is 0 Å². The van der Waals surface area contributed by atoms with Gasteiger partial charge in [0.1, 0.15) is 12.1 Å². The number of aryl methyl sites for hydroxylation is 1. The predicted molar refractivity (Wildman–Crippen MR) is 101 cm³/mol. The first kappa shape index (κ1) is 17.2. The monoisotopic (exact) mass is 352 g/mol. The molecule has 0 aliphatic rings. The summed E-state index contributed by atoms with van der Waals surface area (Å²) in [4.78, 5) is 0. The highest BCUT2D eigenvalue weighted by Crippen LogP contribution is 2.20. The van der Waals surface area contributed by atoms with Gasteiger partial charge in [-0.15, -0.1) is 10.2 Å². The Hall–Kier alpha value is -2.60. The van der Waals surface area contributed by atoms with Crippen molar-refractivity contribution in [3.63, 3.8) is 0 Å². The van der Waals surface area contributed by atoms with E-state index in [4.69, 9.17) is 4.74 Å². The number of rotatable bonds is 7. The first-order valence-corrected chi connectivity index (χ1v) is 9.09. The summed E-state index contributed by atoms with van der Waals surface area (Å²) in [5, 5.41) is 13.3. The lowest BCUT2D eigenvalue weighted by Gasteiger charge is -2.03. The van der Waals surface area contributed by atoms with Gasteiger partial charge in [0.05, 0.1) is 12.8 Å². The van der Waals surface area contributed by atoms with Crippen molar-refractivity contribution < 1.29 is 4.74 Å². The fraction of sp³-hybridized carbons (Fsp3) is 0.211. The maximum atomic E-state index is 5.44. The number of nitrogens with zero attached hydrogens (tertiary/aromatic N) is 4. The zero-order valence-electron chi connectivity index (χ0n) is 14.3. The summed E-state index contributed by atoms with van der Waals surface area (Å²) in [5.41, 5.74) is 3.50. The van der Waals surface area contributed by atoms with E-state index >= 15 is 0 Å². The van der Waals surface area contributed by atoms with Gasteiger partial charge in [-0.1, -0.05) is 41.6 Å². The molecule has 128 valence electrons. The van der Waals surface area contributed by atoms with E-state index in [9.17, 15) is 0 Å². The maximum Gasteiger partial charge on any atom is 0.212 e. The minimum absolute atomic E-state index is 0.662. The molecule has 0 saturated carbocycles. The maximum absolute atomic E-state index is 5.44. The molecule has 3 rings (SSSR count). The van der Waals surface area contributed by atoms with Gasteiger partial charge in [0, 0.05) is 5.75 Å². The number of hydrogen-bond donors (Lipinski definition) is 0. The summed E-state index contributed by atoms with van der Waals surface area (Å²) in [7, 11) is 0. The van der Waals surface area contributed by atoms with Crippen molar-refractivity contribution in [1.29, 1.82) is 0 Å². The van der Waals surface area contributed by atoms with E-state index in [-0.39, 0.29) is 0 Å². The molecule has 0 fully saturated rings. The molecule has 0 aliphatic heterocycles. The molecular formula is C19H20N4OS. The van der Waals surface area contributed by atoms with Crippen molar-refractivity contribution in [3.05, 3.63) is 71.5 Å². The predicted octanol–water partition coefficient (Wildman–Crippen LogP) is 4.16. The summed E-state index contributed by atoms with van der Waals surface area (Å²) in [6.45, 7) is 4.72. The molecule has 0 saturated heterocycles. The zero-order valence-corrected chi connectivity index (χ0v) is 15.1. The SMILES string of the molecule is CCOc1ccc(C=Nn2cnnc2SCc2ccc(C)cc2)cc1. The van der Waals surface area contributed by atoms with E-state index < -0.39 is 0 Å². The third-order valence-corrected chi connectivity index (χ3v) is 4.52. The molecule has 0 N–H and O–H groups in total. The van der Waals surface area contributed by atoms with Gasteiger partial charge < -0.3 is 4.74 Å². The number of ether oxygens (including phenoxy) is 1. The lowest BCUT2D eigenvalue weighted by atomic mass is 10.2. The summed E-state index contributed by atoms with van der Waals surface area (Å²) in [6, 6.07) is 16.3. The van der Waals surface area contributed by atoms with E-state index in [0.29, 0.717) is 6.61 Å². The van der Waals surface area contributed by atoms with E-state index in [1.54, 1.807) is 29.0 Å². The Morgan fingerprint density at radius 3 is 2.60 bits per heavy atom. The Bertz CT molecular complexity index is 825. The third kappa shape index (κ3) is 4.93. The average molecular weight is 352 g/mol. The van der Waals surface area contributed by atoms with Gasteiger partial charge in [0.15, 0.2) is 0 Å². The number of benzene rings is 2. The van der Waals surface area contributed by atoms with E-state index in [1.165, 1.54) is 11.1 Å². The Kier molecular flexibility index (Phi) is 5.85. The molecule has 1 heterocycles. The van der Waals surface area contributed by atoms with Gasteiger partial charge in [-0.3, -0.25) is 0 Å². The van der Waals surface area contributed by atoms with Crippen LogP contribution < -0.4 is 4.74 Å². The van der Waals surface area contributed by atoms with Crippen LogP contribution in [-0.2, 0) is 5.75 Å². The fourth-order valence-electron chi connectivity index (χ4n) is 2.17. The molecule has 5 nitrogen and oxygen atoms in total. The lowest BCUT2D eigenvalue weighted by Crippen LogP contribution is -1.94. The smallest absolute Gasteiger partial charge is 0.212 e. The van der Waals surface area contributed by atoms with Gasteiger partial charge in [0.25, 0.3) is 0 Å². The lowest BCUT2D eigenvalue weighted by molar-refractivity contribution is 0.340. The summed E-state index contributed by atoms with van der Waals surface area (Å²) in [5.74, 6) is 1.69. The molecule has 3 aromatic rings. The molecule has 0 amide bonds. The first-order valence-electron chi connectivity index (χ1n) is 8.10. The molecule has 0 radical (unpaired) electrons. The van der Waals surface area contributed by atoms with E-state index in [1.807, 2.05) is 31.2 Å². The highest BCUT2D eigenvalue weighted by Gasteiger charge is 2.04. The average Bonchev–Trinajstić information content (AvgIpc) is 3.08. The Morgan fingerprint density at radius 1 is 1.12 bits per heavy atom. The van der Waals surface area contributed by atoms with Crippen LogP contribution in [0.15, 0.2) is 65.1 Å². The Morgan fingerprint density at radius 2 is 1.88 bits per heavy atom. The van der Waals surface area contributed by atoms with Crippen LogP contribution in [0.2, 0.25) is 0 Å². The second-order valence-electron chi connectivity index (χ2n) is 5.48. The van der Waals surface area contributed by atoms with Gasteiger partial charge in [-0.25, -0.2) is 0 Å². The number of aromatic nitrogens is 3. The first-order chi connectivity index (χ1) is 12.2. The molecule has 0 aliphatic carbocycles. The fourth-order valence-corrected chi connectivity index (χ4v) is 2.99. The largest absolute Gasteiger partial charge is 0.494 e. The number of thioether (sulfide) groups is 1.